The number of rotatable bonds is 2. The van der Waals surface area contributed by atoms with Gasteiger partial charge in [-0.2, -0.15) is 0 Å². The third-order valence-corrected chi connectivity index (χ3v) is 5.92. The summed E-state index contributed by atoms with van der Waals surface area (Å²) in [6.07, 6.45) is 2.95. The van der Waals surface area contributed by atoms with E-state index in [2.05, 4.69) is 0 Å². The van der Waals surface area contributed by atoms with Gasteiger partial charge in [-0.15, -0.1) is 0 Å². The first kappa shape index (κ1) is 17.6. The molecular formula is C22H14Cl2O4. The van der Waals surface area contributed by atoms with Crippen molar-refractivity contribution in [3.8, 4) is 0 Å². The van der Waals surface area contributed by atoms with Gasteiger partial charge in [-0.3, -0.25) is 0 Å². The van der Waals surface area contributed by atoms with E-state index in [0.29, 0.717) is 22.3 Å². The fraction of sp³-hybridized carbons (Fsp3) is 0.0909. The van der Waals surface area contributed by atoms with Crippen LogP contribution in [0.1, 0.15) is 33.8 Å². The van der Waals surface area contributed by atoms with Gasteiger partial charge >= 0.3 is 0 Å². The Kier molecular flexibility index (Phi) is 3.77. The van der Waals surface area contributed by atoms with Gasteiger partial charge in [-0.1, -0.05) is 47.5 Å². The average Bonchev–Trinajstić information content (AvgIpc) is 3.40. The molecule has 0 radical (unpaired) electrons. The molecule has 0 aliphatic heterocycles. The molecular weight excluding hydrogens is 399 g/mol. The molecule has 2 atom stereocenters. The largest absolute Gasteiger partial charge is 0.466 e. The smallest absolute Gasteiger partial charge is 0.175 e. The first-order valence-electron chi connectivity index (χ1n) is 8.60. The summed E-state index contributed by atoms with van der Waals surface area (Å²) >= 11 is 13.1. The number of hydrogen-bond donors (Lipinski definition) is 2. The second-order valence-electron chi connectivity index (χ2n) is 6.70. The SMILES string of the molecule is OC1(c2ccco2)c2cccc(Cl)c2C(O)(c2ccco2)c2cccc(Cl)c21. The molecule has 2 unspecified atom stereocenters. The van der Waals surface area contributed by atoms with Crippen LogP contribution in [0, 0.1) is 0 Å². The Labute approximate surface area is 170 Å². The third-order valence-electron chi connectivity index (χ3n) is 5.29. The highest BCUT2D eigenvalue weighted by Gasteiger charge is 2.55. The van der Waals surface area contributed by atoms with Crippen molar-refractivity contribution >= 4 is 23.2 Å². The van der Waals surface area contributed by atoms with E-state index in [0.717, 1.165) is 0 Å². The maximum atomic E-state index is 12.0. The van der Waals surface area contributed by atoms with Gasteiger partial charge in [0.25, 0.3) is 0 Å². The normalized spacial score (nSPS) is 23.3. The number of aliphatic hydroxyl groups is 2. The Balaban J connectivity index is 1.99. The molecule has 4 nitrogen and oxygen atoms in total. The second-order valence-corrected chi connectivity index (χ2v) is 7.51. The van der Waals surface area contributed by atoms with Gasteiger partial charge in [0, 0.05) is 32.3 Å². The number of fused-ring (bicyclic) bond motifs is 2. The van der Waals surface area contributed by atoms with Gasteiger partial charge in [-0.05, 0) is 36.4 Å². The van der Waals surface area contributed by atoms with Crippen LogP contribution in [0.15, 0.2) is 82.0 Å². The molecule has 2 aromatic heterocycles. The zero-order chi connectivity index (χ0) is 19.5. The van der Waals surface area contributed by atoms with Gasteiger partial charge in [0.05, 0.1) is 12.5 Å². The Morgan fingerprint density at radius 2 is 1.04 bits per heavy atom. The minimum atomic E-state index is -1.74. The van der Waals surface area contributed by atoms with E-state index < -0.39 is 11.2 Å². The second kappa shape index (κ2) is 6.00. The van der Waals surface area contributed by atoms with Crippen molar-refractivity contribution in [2.45, 2.75) is 11.2 Å². The van der Waals surface area contributed by atoms with Crippen molar-refractivity contribution < 1.29 is 19.0 Å². The lowest BCUT2D eigenvalue weighted by Gasteiger charge is -2.43. The van der Waals surface area contributed by atoms with Crippen LogP contribution in [0.5, 0.6) is 0 Å². The molecule has 28 heavy (non-hydrogen) atoms. The molecule has 0 saturated carbocycles. The number of hydrogen-bond acceptors (Lipinski definition) is 4. The summed E-state index contributed by atoms with van der Waals surface area (Å²) in [5.74, 6) is 0.540. The van der Waals surface area contributed by atoms with Crippen LogP contribution in [0.25, 0.3) is 0 Å². The lowest BCUT2D eigenvalue weighted by molar-refractivity contribution is 0.0510. The van der Waals surface area contributed by atoms with Crippen LogP contribution in [0.4, 0.5) is 0 Å². The van der Waals surface area contributed by atoms with Gasteiger partial charge in [-0.25, -0.2) is 0 Å². The molecule has 0 fully saturated rings. The lowest BCUT2D eigenvalue weighted by Crippen LogP contribution is -2.44. The molecule has 2 heterocycles. The fourth-order valence-electron chi connectivity index (χ4n) is 4.14. The van der Waals surface area contributed by atoms with Gasteiger partial charge < -0.3 is 19.0 Å². The average molecular weight is 413 g/mol. The predicted molar refractivity (Wildman–Crippen MR) is 105 cm³/mol. The highest BCUT2D eigenvalue weighted by atomic mass is 35.5. The fourth-order valence-corrected chi connectivity index (χ4v) is 4.76. The van der Waals surface area contributed by atoms with Crippen molar-refractivity contribution in [1.29, 1.82) is 0 Å². The number of furan rings is 2. The van der Waals surface area contributed by atoms with E-state index in [1.807, 2.05) is 0 Å². The topological polar surface area (TPSA) is 66.7 Å². The van der Waals surface area contributed by atoms with Gasteiger partial charge in [0.1, 0.15) is 11.5 Å². The third kappa shape index (κ3) is 2.09. The molecule has 140 valence electrons. The molecule has 4 aromatic rings. The lowest BCUT2D eigenvalue weighted by atomic mass is 9.66. The molecule has 1 aliphatic carbocycles. The number of halogens is 2. The monoisotopic (exact) mass is 412 g/mol. The Hall–Kier alpha value is -2.50. The maximum Gasteiger partial charge on any atom is 0.175 e. The minimum absolute atomic E-state index is 0.270. The van der Waals surface area contributed by atoms with E-state index in [4.69, 9.17) is 32.0 Å². The van der Waals surface area contributed by atoms with Crippen LogP contribution >= 0.6 is 23.2 Å². The summed E-state index contributed by atoms with van der Waals surface area (Å²) in [6.45, 7) is 0. The molecule has 0 bridgehead atoms. The highest BCUT2D eigenvalue weighted by molar-refractivity contribution is 6.32. The van der Waals surface area contributed by atoms with E-state index in [1.165, 1.54) is 12.5 Å². The first-order valence-corrected chi connectivity index (χ1v) is 9.36. The molecule has 1 aliphatic rings. The summed E-state index contributed by atoms with van der Waals surface area (Å²) in [5.41, 5.74) is -2.10. The van der Waals surface area contributed by atoms with Crippen molar-refractivity contribution in [3.63, 3.8) is 0 Å². The van der Waals surface area contributed by atoms with Crippen LogP contribution in [-0.2, 0) is 11.2 Å². The van der Waals surface area contributed by atoms with Crippen molar-refractivity contribution in [2.24, 2.45) is 0 Å². The van der Waals surface area contributed by atoms with Crippen LogP contribution in [0.2, 0.25) is 10.0 Å². The molecule has 0 saturated heterocycles. The molecule has 6 heteroatoms. The van der Waals surface area contributed by atoms with Gasteiger partial charge in [0.15, 0.2) is 11.2 Å². The first-order chi connectivity index (χ1) is 13.5. The zero-order valence-electron chi connectivity index (χ0n) is 14.4. The van der Waals surface area contributed by atoms with Crippen LogP contribution in [-0.4, -0.2) is 10.2 Å². The molecule has 2 aromatic carbocycles. The van der Waals surface area contributed by atoms with Crippen molar-refractivity contribution in [3.05, 3.63) is 117 Å². The van der Waals surface area contributed by atoms with Crippen LogP contribution < -0.4 is 0 Å². The summed E-state index contributed by atoms with van der Waals surface area (Å²) in [7, 11) is 0. The van der Waals surface area contributed by atoms with Gasteiger partial charge in [0.2, 0.25) is 0 Å². The maximum absolute atomic E-state index is 12.0. The molecule has 0 spiro atoms. The minimum Gasteiger partial charge on any atom is -0.466 e. The van der Waals surface area contributed by atoms with E-state index >= 15 is 0 Å². The van der Waals surface area contributed by atoms with E-state index in [1.54, 1.807) is 60.7 Å². The Bertz CT molecular complexity index is 1070. The van der Waals surface area contributed by atoms with Crippen molar-refractivity contribution in [1.82, 2.24) is 0 Å². The van der Waals surface area contributed by atoms with Crippen molar-refractivity contribution in [2.75, 3.05) is 0 Å². The van der Waals surface area contributed by atoms with Crippen LogP contribution in [0.3, 0.4) is 0 Å². The van der Waals surface area contributed by atoms with E-state index in [9.17, 15) is 10.2 Å². The Morgan fingerprint density at radius 1 is 0.607 bits per heavy atom. The zero-order valence-corrected chi connectivity index (χ0v) is 15.9. The molecule has 2 N–H and O–H groups in total. The predicted octanol–water partition coefficient (Wildman–Crippen LogP) is 5.06. The molecule has 5 rings (SSSR count). The summed E-state index contributed by atoms with van der Waals surface area (Å²) in [4.78, 5) is 0. The summed E-state index contributed by atoms with van der Waals surface area (Å²) < 4.78 is 11.2. The number of benzene rings is 2. The summed E-state index contributed by atoms with van der Waals surface area (Å²) in [5, 5.41) is 24.6. The quantitative estimate of drug-likeness (QED) is 0.482. The Morgan fingerprint density at radius 3 is 1.39 bits per heavy atom. The highest BCUT2D eigenvalue weighted by Crippen LogP contribution is 2.56. The van der Waals surface area contributed by atoms with E-state index in [-0.39, 0.29) is 21.6 Å². The summed E-state index contributed by atoms with van der Waals surface area (Å²) in [6, 6.07) is 16.8. The standard InChI is InChI=1S/C22H14Cl2O4/c23-15-7-1-5-13-19(15)22(26,18-10-4-12-28-18)14-6-2-8-16(24)20(14)21(13,25)17-9-3-11-27-17/h1-12,25-26H. The molecule has 0 amide bonds.